The first-order valence-electron chi connectivity index (χ1n) is 3.03. The van der Waals surface area contributed by atoms with Crippen LogP contribution in [0.1, 0.15) is 6.92 Å². The van der Waals surface area contributed by atoms with E-state index in [1.807, 2.05) is 12.1 Å². The van der Waals surface area contributed by atoms with E-state index < -0.39 is 0 Å². The topological polar surface area (TPSA) is 43.2 Å². The summed E-state index contributed by atoms with van der Waals surface area (Å²) >= 11 is 0. The number of pyridine rings is 1. The van der Waals surface area contributed by atoms with Gasteiger partial charge in [-0.1, -0.05) is 6.07 Å². The van der Waals surface area contributed by atoms with Crippen LogP contribution in [-0.4, -0.2) is 5.91 Å². The van der Waals surface area contributed by atoms with Crippen LogP contribution < -0.4 is 27.3 Å². The van der Waals surface area contributed by atoms with Crippen molar-refractivity contribution in [3.05, 3.63) is 24.4 Å². The number of aromatic amines is 1. The summed E-state index contributed by atoms with van der Waals surface area (Å²) in [4.78, 5) is 13.3. The van der Waals surface area contributed by atoms with Crippen LogP contribution in [0.25, 0.3) is 0 Å². The third kappa shape index (κ3) is 3.72. The van der Waals surface area contributed by atoms with Gasteiger partial charge in [0.05, 0.1) is 6.20 Å². The molecule has 0 aliphatic rings. The van der Waals surface area contributed by atoms with Crippen molar-refractivity contribution in [2.75, 3.05) is 5.32 Å². The van der Waals surface area contributed by atoms with Crippen molar-refractivity contribution < 1.29 is 26.8 Å². The SMILES string of the molecule is CC(=O)Nc1cccc[nH+]1.[Br-]. The Bertz CT molecular complexity index is 225. The van der Waals surface area contributed by atoms with Crippen molar-refractivity contribution in [1.29, 1.82) is 0 Å². The van der Waals surface area contributed by atoms with Crippen molar-refractivity contribution in [1.82, 2.24) is 0 Å². The molecular weight excluding hydrogens is 208 g/mol. The molecule has 0 radical (unpaired) electrons. The number of nitrogens with one attached hydrogen (secondary N) is 2. The van der Waals surface area contributed by atoms with Crippen molar-refractivity contribution >= 4 is 11.7 Å². The molecule has 0 aromatic carbocycles. The Kier molecular flexibility index (Phi) is 4.45. The summed E-state index contributed by atoms with van der Waals surface area (Å²) in [7, 11) is 0. The fraction of sp³-hybridized carbons (Fsp3) is 0.143. The van der Waals surface area contributed by atoms with Gasteiger partial charge in [0.15, 0.2) is 0 Å². The molecule has 2 N–H and O–H groups in total. The van der Waals surface area contributed by atoms with Crippen LogP contribution in [0.4, 0.5) is 5.82 Å². The molecule has 0 unspecified atom stereocenters. The normalized spacial score (nSPS) is 8.09. The summed E-state index contributed by atoms with van der Waals surface area (Å²) in [5.41, 5.74) is 0. The minimum atomic E-state index is -0.0672. The molecule has 0 fully saturated rings. The fourth-order valence-electron chi connectivity index (χ4n) is 0.661. The minimum Gasteiger partial charge on any atom is -1.00 e. The monoisotopic (exact) mass is 216 g/mol. The second-order valence-electron chi connectivity index (χ2n) is 1.96. The average molecular weight is 217 g/mol. The highest BCUT2D eigenvalue weighted by Gasteiger charge is 2.00. The maximum atomic E-state index is 10.5. The molecule has 1 aromatic rings. The van der Waals surface area contributed by atoms with Gasteiger partial charge in [-0.15, -0.1) is 0 Å². The lowest BCUT2D eigenvalue weighted by Crippen LogP contribution is -3.00. The van der Waals surface area contributed by atoms with Crippen LogP contribution >= 0.6 is 0 Å². The third-order valence-corrected chi connectivity index (χ3v) is 1.02. The van der Waals surface area contributed by atoms with Crippen molar-refractivity contribution in [2.45, 2.75) is 6.92 Å². The van der Waals surface area contributed by atoms with Gasteiger partial charge in [0.1, 0.15) is 0 Å². The zero-order chi connectivity index (χ0) is 7.40. The highest BCUT2D eigenvalue weighted by atomic mass is 79.9. The number of anilines is 1. The molecule has 11 heavy (non-hydrogen) atoms. The summed E-state index contributed by atoms with van der Waals surface area (Å²) in [6, 6.07) is 5.49. The van der Waals surface area contributed by atoms with Gasteiger partial charge in [0.25, 0.3) is 5.82 Å². The first-order valence-corrected chi connectivity index (χ1v) is 3.03. The Morgan fingerprint density at radius 1 is 1.55 bits per heavy atom. The number of aromatic nitrogens is 1. The van der Waals surface area contributed by atoms with Crippen LogP contribution in [0.15, 0.2) is 24.4 Å². The summed E-state index contributed by atoms with van der Waals surface area (Å²) in [6.45, 7) is 1.47. The van der Waals surface area contributed by atoms with Crippen LogP contribution in [0, 0.1) is 0 Å². The Labute approximate surface area is 75.6 Å². The lowest BCUT2D eigenvalue weighted by atomic mass is 10.4. The van der Waals surface area contributed by atoms with E-state index in [0.29, 0.717) is 0 Å². The Morgan fingerprint density at radius 2 is 2.27 bits per heavy atom. The fourth-order valence-corrected chi connectivity index (χ4v) is 0.661. The van der Waals surface area contributed by atoms with Gasteiger partial charge in [-0.05, 0) is 6.07 Å². The summed E-state index contributed by atoms with van der Waals surface area (Å²) in [5.74, 6) is 0.650. The van der Waals surface area contributed by atoms with Gasteiger partial charge in [-0.2, -0.15) is 0 Å². The minimum absolute atomic E-state index is 0. The quantitative estimate of drug-likeness (QED) is 0.553. The van der Waals surface area contributed by atoms with Crippen LogP contribution in [0.5, 0.6) is 0 Å². The Balaban J connectivity index is 0.000001000. The van der Waals surface area contributed by atoms with E-state index in [1.54, 1.807) is 12.3 Å². The molecule has 0 bridgehead atoms. The largest absolute Gasteiger partial charge is 1.00 e. The molecule has 0 atom stereocenters. The number of H-pyrrole nitrogens is 1. The summed E-state index contributed by atoms with van der Waals surface area (Å²) < 4.78 is 0. The molecule has 4 heteroatoms. The zero-order valence-electron chi connectivity index (χ0n) is 6.10. The molecule has 1 heterocycles. The van der Waals surface area contributed by atoms with Crippen LogP contribution in [0.3, 0.4) is 0 Å². The standard InChI is InChI=1S/C7H8N2O.BrH/c1-6(10)9-7-4-2-3-5-8-7;/h2-5H,1H3,(H,8,9,10);1H. The molecule has 0 aliphatic heterocycles. The zero-order valence-corrected chi connectivity index (χ0v) is 7.68. The van der Waals surface area contributed by atoms with Crippen LogP contribution in [-0.2, 0) is 4.79 Å². The molecule has 60 valence electrons. The van der Waals surface area contributed by atoms with E-state index in [1.165, 1.54) is 6.92 Å². The molecular formula is C7H9BrN2O. The van der Waals surface area contributed by atoms with E-state index in [9.17, 15) is 4.79 Å². The maximum absolute atomic E-state index is 10.5. The highest BCUT2D eigenvalue weighted by Crippen LogP contribution is 1.92. The van der Waals surface area contributed by atoms with Crippen molar-refractivity contribution in [3.63, 3.8) is 0 Å². The molecule has 3 nitrogen and oxygen atoms in total. The number of hydrogen-bond donors (Lipinski definition) is 1. The highest BCUT2D eigenvalue weighted by molar-refractivity contribution is 5.86. The van der Waals surface area contributed by atoms with E-state index in [0.717, 1.165) is 5.82 Å². The van der Waals surface area contributed by atoms with E-state index in [4.69, 9.17) is 0 Å². The second-order valence-corrected chi connectivity index (χ2v) is 1.96. The number of halogens is 1. The molecule has 1 aromatic heterocycles. The smallest absolute Gasteiger partial charge is 0.304 e. The van der Waals surface area contributed by atoms with Crippen LogP contribution in [0.2, 0.25) is 0 Å². The molecule has 1 amide bonds. The molecule has 0 aliphatic carbocycles. The molecule has 1 rings (SSSR count). The predicted molar refractivity (Wildman–Crippen MR) is 37.3 cm³/mol. The van der Waals surface area contributed by atoms with Gasteiger partial charge in [-0.3, -0.25) is 0 Å². The lowest BCUT2D eigenvalue weighted by molar-refractivity contribution is -0.360. The van der Waals surface area contributed by atoms with Gasteiger partial charge >= 0.3 is 5.91 Å². The molecule has 0 spiro atoms. The third-order valence-electron chi connectivity index (χ3n) is 1.02. The van der Waals surface area contributed by atoms with Crippen molar-refractivity contribution in [3.8, 4) is 0 Å². The first-order chi connectivity index (χ1) is 4.79. The van der Waals surface area contributed by atoms with E-state index in [-0.39, 0.29) is 22.9 Å². The average Bonchev–Trinajstić information content (AvgIpc) is 1.88. The summed E-state index contributed by atoms with van der Waals surface area (Å²) in [6.07, 6.45) is 1.76. The van der Waals surface area contributed by atoms with Gasteiger partial charge in [0, 0.05) is 13.0 Å². The number of carbonyl (C=O) groups excluding carboxylic acids is 1. The van der Waals surface area contributed by atoms with Gasteiger partial charge in [-0.25, -0.2) is 15.1 Å². The van der Waals surface area contributed by atoms with Gasteiger partial charge < -0.3 is 17.0 Å². The van der Waals surface area contributed by atoms with Crippen molar-refractivity contribution in [2.24, 2.45) is 0 Å². The Morgan fingerprint density at radius 3 is 2.73 bits per heavy atom. The van der Waals surface area contributed by atoms with E-state index in [2.05, 4.69) is 10.3 Å². The molecule has 0 saturated heterocycles. The molecule has 0 saturated carbocycles. The number of amides is 1. The number of rotatable bonds is 1. The predicted octanol–water partition coefficient (Wildman–Crippen LogP) is -2.54. The first kappa shape index (κ1) is 10.1. The number of hydrogen-bond acceptors (Lipinski definition) is 1. The lowest BCUT2D eigenvalue weighted by Gasteiger charge is -1.89. The number of carbonyl (C=O) groups is 1. The summed E-state index contributed by atoms with van der Waals surface area (Å²) in [5, 5.41) is 2.61. The second kappa shape index (κ2) is 4.85. The van der Waals surface area contributed by atoms with E-state index >= 15 is 0 Å². The van der Waals surface area contributed by atoms with Gasteiger partial charge in [0.2, 0.25) is 0 Å². The Hall–Kier alpha value is -0.900. The maximum Gasteiger partial charge on any atom is 0.304 e.